The Labute approximate surface area is 127 Å². The summed E-state index contributed by atoms with van der Waals surface area (Å²) in [7, 11) is -3.87. The highest BCUT2D eigenvalue weighted by atomic mass is 32.2. The van der Waals surface area contributed by atoms with Crippen LogP contribution in [-0.2, 0) is 14.8 Å². The fourth-order valence-corrected chi connectivity index (χ4v) is 5.28. The maximum atomic E-state index is 12.8. The highest BCUT2D eigenvalue weighted by Crippen LogP contribution is 2.57. The molecule has 2 heterocycles. The fraction of sp³-hybridized carbons (Fsp3) is 0.500. The molecule has 22 heavy (non-hydrogen) atoms. The third kappa shape index (κ3) is 1.70. The van der Waals surface area contributed by atoms with Crippen LogP contribution in [0.4, 0.5) is 0 Å². The summed E-state index contributed by atoms with van der Waals surface area (Å²) in [4.78, 5) is 11.6. The van der Waals surface area contributed by atoms with Crippen molar-refractivity contribution in [2.45, 2.75) is 23.3 Å². The van der Waals surface area contributed by atoms with Crippen LogP contribution in [0.2, 0.25) is 0 Å². The summed E-state index contributed by atoms with van der Waals surface area (Å²) >= 11 is 0. The summed E-state index contributed by atoms with van der Waals surface area (Å²) < 4.78 is 37.6. The molecule has 0 spiro atoms. The van der Waals surface area contributed by atoms with Crippen molar-refractivity contribution < 1.29 is 27.8 Å². The average molecular weight is 325 g/mol. The Morgan fingerprint density at radius 3 is 2.68 bits per heavy atom. The van der Waals surface area contributed by atoms with E-state index in [0.29, 0.717) is 37.6 Å². The van der Waals surface area contributed by atoms with Gasteiger partial charge in [0.25, 0.3) is 0 Å². The maximum absolute atomic E-state index is 12.8. The zero-order valence-corrected chi connectivity index (χ0v) is 12.5. The van der Waals surface area contributed by atoms with Crippen LogP contribution < -0.4 is 9.47 Å². The lowest BCUT2D eigenvalue weighted by atomic mass is 10.2. The van der Waals surface area contributed by atoms with E-state index in [2.05, 4.69) is 0 Å². The van der Waals surface area contributed by atoms with Crippen LogP contribution in [0.25, 0.3) is 0 Å². The van der Waals surface area contributed by atoms with Crippen LogP contribution in [0.5, 0.6) is 11.5 Å². The first kappa shape index (κ1) is 13.8. The number of fused-ring (bicyclic) bond motifs is 2. The molecule has 1 aliphatic carbocycles. The lowest BCUT2D eigenvalue weighted by Crippen LogP contribution is -2.45. The summed E-state index contributed by atoms with van der Waals surface area (Å²) in [5.74, 6) is -0.250. The minimum atomic E-state index is -3.87. The number of aliphatic carboxylic acids is 1. The number of carboxylic acids is 1. The van der Waals surface area contributed by atoms with E-state index in [4.69, 9.17) is 9.47 Å². The Kier molecular flexibility index (Phi) is 2.74. The van der Waals surface area contributed by atoms with Gasteiger partial charge in [0.05, 0.1) is 4.90 Å². The van der Waals surface area contributed by atoms with E-state index in [1.54, 1.807) is 6.07 Å². The van der Waals surface area contributed by atoms with Crippen molar-refractivity contribution in [3.63, 3.8) is 0 Å². The summed E-state index contributed by atoms with van der Waals surface area (Å²) in [6.45, 7) is 1.03. The van der Waals surface area contributed by atoms with Gasteiger partial charge in [0.15, 0.2) is 11.5 Å². The number of benzene rings is 1. The zero-order chi connectivity index (χ0) is 15.5. The molecule has 0 amide bonds. The molecule has 8 heteroatoms. The number of sulfonamides is 1. The highest BCUT2D eigenvalue weighted by molar-refractivity contribution is 7.89. The van der Waals surface area contributed by atoms with Crippen LogP contribution in [0, 0.1) is 5.92 Å². The number of piperidine rings is 1. The predicted molar refractivity (Wildman–Crippen MR) is 74.4 cm³/mol. The van der Waals surface area contributed by atoms with Gasteiger partial charge in [-0.2, -0.15) is 4.31 Å². The van der Waals surface area contributed by atoms with Gasteiger partial charge in [-0.15, -0.1) is 0 Å². The molecule has 1 saturated carbocycles. The molecule has 3 aliphatic rings. The van der Waals surface area contributed by atoms with Crippen molar-refractivity contribution >= 4 is 16.0 Å². The molecule has 0 radical (unpaired) electrons. The third-order valence-electron chi connectivity index (χ3n) is 4.67. The topological polar surface area (TPSA) is 93.1 Å². The molecule has 1 aromatic carbocycles. The number of carbonyl (C=O) groups is 1. The summed E-state index contributed by atoms with van der Waals surface area (Å²) in [6.07, 6.45) is 0.988. The van der Waals surface area contributed by atoms with Crippen molar-refractivity contribution in [3.05, 3.63) is 18.2 Å². The number of hydrogen-bond donors (Lipinski definition) is 1. The molecular formula is C14H15NO6S. The van der Waals surface area contributed by atoms with Crippen LogP contribution in [0.1, 0.15) is 12.8 Å². The van der Waals surface area contributed by atoms with Gasteiger partial charge in [-0.1, -0.05) is 0 Å². The average Bonchev–Trinajstić information content (AvgIpc) is 3.12. The van der Waals surface area contributed by atoms with Crippen molar-refractivity contribution in [1.29, 1.82) is 0 Å². The van der Waals surface area contributed by atoms with E-state index < -0.39 is 21.5 Å². The van der Waals surface area contributed by atoms with Gasteiger partial charge in [-0.25, -0.2) is 8.42 Å². The van der Waals surface area contributed by atoms with Crippen molar-refractivity contribution in [2.24, 2.45) is 5.92 Å². The lowest BCUT2D eigenvalue weighted by Gasteiger charge is -2.25. The fourth-order valence-electron chi connectivity index (χ4n) is 3.45. The lowest BCUT2D eigenvalue weighted by molar-refractivity contribution is -0.142. The van der Waals surface area contributed by atoms with E-state index in [-0.39, 0.29) is 17.4 Å². The van der Waals surface area contributed by atoms with Crippen LogP contribution in [-0.4, -0.2) is 49.1 Å². The Balaban J connectivity index is 1.74. The SMILES string of the molecule is O=C(O)[C@@]12C[C@H]1CCN2S(=O)(=O)c1ccc2c(c1)OCCO2. The van der Waals surface area contributed by atoms with E-state index in [9.17, 15) is 18.3 Å². The molecule has 2 atom stereocenters. The minimum Gasteiger partial charge on any atom is -0.486 e. The third-order valence-corrected chi connectivity index (χ3v) is 6.61. The Morgan fingerprint density at radius 1 is 1.27 bits per heavy atom. The van der Waals surface area contributed by atoms with E-state index >= 15 is 0 Å². The molecule has 7 nitrogen and oxygen atoms in total. The van der Waals surface area contributed by atoms with Gasteiger partial charge < -0.3 is 14.6 Å². The van der Waals surface area contributed by atoms with E-state index in [1.165, 1.54) is 12.1 Å². The summed E-state index contributed by atoms with van der Waals surface area (Å²) in [5, 5.41) is 9.44. The quantitative estimate of drug-likeness (QED) is 0.879. The van der Waals surface area contributed by atoms with Crippen LogP contribution >= 0.6 is 0 Å². The molecule has 0 unspecified atom stereocenters. The smallest absolute Gasteiger partial charge is 0.325 e. The van der Waals surface area contributed by atoms with Gasteiger partial charge in [0.2, 0.25) is 10.0 Å². The van der Waals surface area contributed by atoms with E-state index in [0.717, 1.165) is 4.31 Å². The zero-order valence-electron chi connectivity index (χ0n) is 11.7. The minimum absolute atomic E-state index is 0.0462. The molecule has 118 valence electrons. The second-order valence-corrected chi connectivity index (χ2v) is 7.66. The molecule has 0 bridgehead atoms. The Bertz CT molecular complexity index is 761. The second-order valence-electron chi connectivity index (χ2n) is 5.80. The number of nitrogens with zero attached hydrogens (tertiary/aromatic N) is 1. The van der Waals surface area contributed by atoms with Crippen molar-refractivity contribution in [3.8, 4) is 11.5 Å². The van der Waals surface area contributed by atoms with Gasteiger partial charge in [0.1, 0.15) is 18.8 Å². The number of hydrogen-bond acceptors (Lipinski definition) is 5. The molecule has 0 aromatic heterocycles. The van der Waals surface area contributed by atoms with Crippen molar-refractivity contribution in [1.82, 2.24) is 4.31 Å². The van der Waals surface area contributed by atoms with Gasteiger partial charge >= 0.3 is 5.97 Å². The molecule has 2 fully saturated rings. The number of rotatable bonds is 3. The van der Waals surface area contributed by atoms with Crippen molar-refractivity contribution in [2.75, 3.05) is 19.8 Å². The molecule has 1 aromatic rings. The largest absolute Gasteiger partial charge is 0.486 e. The maximum Gasteiger partial charge on any atom is 0.325 e. The molecular weight excluding hydrogens is 310 g/mol. The Hall–Kier alpha value is -1.80. The summed E-state index contributed by atoms with van der Waals surface area (Å²) in [6, 6.07) is 4.40. The van der Waals surface area contributed by atoms with Gasteiger partial charge in [0, 0.05) is 12.6 Å². The Morgan fingerprint density at radius 2 is 2.00 bits per heavy atom. The molecule has 1 N–H and O–H groups in total. The number of carboxylic acid groups (broad SMARTS) is 1. The van der Waals surface area contributed by atoms with E-state index in [1.807, 2.05) is 0 Å². The first-order chi connectivity index (χ1) is 10.5. The predicted octanol–water partition coefficient (Wildman–Crippen LogP) is 0.696. The standard InChI is InChI=1S/C14H15NO6S/c16-13(17)14-8-9(14)3-4-15(14)22(18,19)10-1-2-11-12(7-10)21-6-5-20-11/h1-2,7,9H,3-6,8H2,(H,16,17)/t9-,14-/m1/s1. The van der Waals surface area contributed by atoms with Gasteiger partial charge in [-0.3, -0.25) is 4.79 Å². The second kappa shape index (κ2) is 4.36. The molecule has 2 aliphatic heterocycles. The van der Waals surface area contributed by atoms with Crippen LogP contribution in [0.15, 0.2) is 23.1 Å². The summed E-state index contributed by atoms with van der Waals surface area (Å²) in [5.41, 5.74) is -1.24. The first-order valence-electron chi connectivity index (χ1n) is 7.12. The molecule has 4 rings (SSSR count). The normalized spacial score (nSPS) is 29.9. The monoisotopic (exact) mass is 325 g/mol. The first-order valence-corrected chi connectivity index (χ1v) is 8.56. The van der Waals surface area contributed by atoms with Gasteiger partial charge in [-0.05, 0) is 30.9 Å². The highest BCUT2D eigenvalue weighted by Gasteiger charge is 2.70. The molecule has 1 saturated heterocycles. The van der Waals surface area contributed by atoms with Crippen LogP contribution in [0.3, 0.4) is 0 Å². The number of ether oxygens (including phenoxy) is 2.